The number of hydrogen-bond acceptors (Lipinski definition) is 7. The molecule has 0 fully saturated rings. The van der Waals surface area contributed by atoms with E-state index in [1.165, 1.54) is 12.1 Å². The first-order chi connectivity index (χ1) is 15.0. The average Bonchev–Trinajstić information content (AvgIpc) is 2.75. The van der Waals surface area contributed by atoms with E-state index in [-0.39, 0.29) is 23.2 Å². The highest BCUT2D eigenvalue weighted by molar-refractivity contribution is 5.92. The van der Waals surface area contributed by atoms with Crippen LogP contribution in [0.15, 0.2) is 54.9 Å². The van der Waals surface area contributed by atoms with Gasteiger partial charge in [0.05, 0.1) is 47.3 Å². The van der Waals surface area contributed by atoms with Gasteiger partial charge in [-0.1, -0.05) is 6.07 Å². The summed E-state index contributed by atoms with van der Waals surface area (Å²) in [5.74, 6) is 0.200. The first-order valence-corrected chi connectivity index (χ1v) is 9.73. The Kier molecular flexibility index (Phi) is 5.83. The monoisotopic (exact) mass is 422 g/mol. The third-order valence-electron chi connectivity index (χ3n) is 4.50. The van der Waals surface area contributed by atoms with Gasteiger partial charge in [0.25, 0.3) is 0 Å². The minimum absolute atomic E-state index is 0.259. The zero-order chi connectivity index (χ0) is 21.8. The van der Waals surface area contributed by atoms with Crippen molar-refractivity contribution in [1.29, 1.82) is 0 Å². The maximum absolute atomic E-state index is 14.6. The van der Waals surface area contributed by atoms with E-state index in [0.717, 1.165) is 6.20 Å². The van der Waals surface area contributed by atoms with Crippen molar-refractivity contribution >= 4 is 28.4 Å². The number of benzene rings is 1. The van der Waals surface area contributed by atoms with Gasteiger partial charge in [-0.2, -0.15) is 4.98 Å². The highest BCUT2D eigenvalue weighted by atomic mass is 19.1. The molecule has 0 saturated carbocycles. The second kappa shape index (κ2) is 8.86. The SMILES string of the molecule is CCOc1ccc(Nc2nc(N[C@@H](C)c3ccc(F)cn3)nc3cccc(F)c23)cn1. The van der Waals surface area contributed by atoms with Gasteiger partial charge < -0.3 is 15.4 Å². The fraction of sp³-hybridized carbons (Fsp3) is 0.182. The van der Waals surface area contributed by atoms with Crippen molar-refractivity contribution in [1.82, 2.24) is 19.9 Å². The molecule has 0 aliphatic carbocycles. The van der Waals surface area contributed by atoms with Crippen LogP contribution in [0.25, 0.3) is 10.9 Å². The number of halogens is 2. The van der Waals surface area contributed by atoms with Crippen molar-refractivity contribution in [2.75, 3.05) is 17.2 Å². The second-order valence-electron chi connectivity index (χ2n) is 6.74. The minimum Gasteiger partial charge on any atom is -0.478 e. The maximum Gasteiger partial charge on any atom is 0.225 e. The molecule has 0 unspecified atom stereocenters. The number of fused-ring (bicyclic) bond motifs is 1. The topological polar surface area (TPSA) is 84.9 Å². The lowest BCUT2D eigenvalue weighted by atomic mass is 10.2. The molecule has 7 nitrogen and oxygen atoms in total. The number of nitrogens with zero attached hydrogens (tertiary/aromatic N) is 4. The summed E-state index contributed by atoms with van der Waals surface area (Å²) in [6.45, 7) is 4.24. The van der Waals surface area contributed by atoms with Crippen LogP contribution in [0.1, 0.15) is 25.6 Å². The molecule has 3 heterocycles. The molecule has 3 aromatic heterocycles. The summed E-state index contributed by atoms with van der Waals surface area (Å²) in [6, 6.07) is 10.7. The Morgan fingerprint density at radius 2 is 1.87 bits per heavy atom. The van der Waals surface area contributed by atoms with Gasteiger partial charge in [0.15, 0.2) is 0 Å². The molecule has 1 aromatic carbocycles. The van der Waals surface area contributed by atoms with Crippen LogP contribution >= 0.6 is 0 Å². The highest BCUT2D eigenvalue weighted by Gasteiger charge is 2.15. The summed E-state index contributed by atoms with van der Waals surface area (Å²) >= 11 is 0. The van der Waals surface area contributed by atoms with Crippen molar-refractivity contribution in [2.45, 2.75) is 19.9 Å². The number of pyridine rings is 2. The van der Waals surface area contributed by atoms with Gasteiger partial charge in [0, 0.05) is 6.07 Å². The fourth-order valence-corrected chi connectivity index (χ4v) is 3.03. The summed E-state index contributed by atoms with van der Waals surface area (Å²) in [5.41, 5.74) is 1.67. The standard InChI is InChI=1S/C22H20F2N6O/c1-3-31-19-10-8-15(12-26-19)28-21-20-16(24)5-4-6-18(20)29-22(30-21)27-13(2)17-9-7-14(23)11-25-17/h4-13H,3H2,1-2H3,(H2,27,28,29,30)/t13-/m0/s1. The van der Waals surface area contributed by atoms with Crippen molar-refractivity contribution in [3.8, 4) is 5.88 Å². The average molecular weight is 422 g/mol. The summed E-state index contributed by atoms with van der Waals surface area (Å²) in [5, 5.41) is 6.50. The third kappa shape index (κ3) is 4.66. The molecule has 0 aliphatic rings. The Hall–Kier alpha value is -3.88. The van der Waals surface area contributed by atoms with E-state index in [1.54, 1.807) is 36.5 Å². The van der Waals surface area contributed by atoms with E-state index in [1.807, 2.05) is 13.8 Å². The molecule has 1 atom stereocenters. The van der Waals surface area contributed by atoms with Crippen LogP contribution in [0.4, 0.5) is 26.2 Å². The quantitative estimate of drug-likeness (QED) is 0.433. The normalized spacial score (nSPS) is 11.9. The van der Waals surface area contributed by atoms with Crippen LogP contribution in [0, 0.1) is 11.6 Å². The lowest BCUT2D eigenvalue weighted by Gasteiger charge is -2.16. The molecule has 0 radical (unpaired) electrons. The molecule has 0 aliphatic heterocycles. The zero-order valence-corrected chi connectivity index (χ0v) is 16.9. The predicted octanol–water partition coefficient (Wildman–Crippen LogP) is 5.01. The van der Waals surface area contributed by atoms with Crippen LogP contribution in [-0.2, 0) is 0 Å². The van der Waals surface area contributed by atoms with Crippen LogP contribution in [-0.4, -0.2) is 26.5 Å². The van der Waals surface area contributed by atoms with Gasteiger partial charge in [-0.25, -0.2) is 18.7 Å². The van der Waals surface area contributed by atoms with Gasteiger partial charge >= 0.3 is 0 Å². The molecule has 31 heavy (non-hydrogen) atoms. The highest BCUT2D eigenvalue weighted by Crippen LogP contribution is 2.28. The first-order valence-electron chi connectivity index (χ1n) is 9.73. The molecule has 158 valence electrons. The van der Waals surface area contributed by atoms with Gasteiger partial charge in [-0.3, -0.25) is 4.98 Å². The molecule has 0 spiro atoms. The van der Waals surface area contributed by atoms with E-state index >= 15 is 0 Å². The molecular formula is C22H20F2N6O. The van der Waals surface area contributed by atoms with Gasteiger partial charge in [0.2, 0.25) is 11.8 Å². The second-order valence-corrected chi connectivity index (χ2v) is 6.74. The largest absolute Gasteiger partial charge is 0.478 e. The Labute approximate surface area is 177 Å². The van der Waals surface area contributed by atoms with E-state index in [9.17, 15) is 8.78 Å². The Morgan fingerprint density at radius 1 is 1.00 bits per heavy atom. The maximum atomic E-state index is 14.6. The molecule has 4 aromatic rings. The molecule has 9 heteroatoms. The Bertz CT molecular complexity index is 1190. The van der Waals surface area contributed by atoms with Crippen LogP contribution in [0.2, 0.25) is 0 Å². The Morgan fingerprint density at radius 3 is 2.58 bits per heavy atom. The molecule has 0 amide bonds. The van der Waals surface area contributed by atoms with Crippen LogP contribution in [0.5, 0.6) is 5.88 Å². The lowest BCUT2D eigenvalue weighted by molar-refractivity contribution is 0.327. The van der Waals surface area contributed by atoms with Gasteiger partial charge in [-0.15, -0.1) is 0 Å². The molecule has 4 rings (SSSR count). The summed E-state index contributed by atoms with van der Waals surface area (Å²) in [7, 11) is 0. The zero-order valence-electron chi connectivity index (χ0n) is 16.9. The summed E-state index contributed by atoms with van der Waals surface area (Å²) in [4.78, 5) is 17.2. The van der Waals surface area contributed by atoms with Crippen molar-refractivity contribution in [3.05, 3.63) is 72.2 Å². The fourth-order valence-electron chi connectivity index (χ4n) is 3.03. The molecule has 2 N–H and O–H groups in total. The van der Waals surface area contributed by atoms with E-state index in [2.05, 4.69) is 30.6 Å². The number of ether oxygens (including phenoxy) is 1. The number of aromatic nitrogens is 4. The summed E-state index contributed by atoms with van der Waals surface area (Å²) in [6.07, 6.45) is 2.73. The number of nitrogens with one attached hydrogen (secondary N) is 2. The number of rotatable bonds is 7. The van der Waals surface area contributed by atoms with Gasteiger partial charge in [-0.05, 0) is 44.2 Å². The molecular weight excluding hydrogens is 402 g/mol. The van der Waals surface area contributed by atoms with Crippen LogP contribution in [0.3, 0.4) is 0 Å². The smallest absolute Gasteiger partial charge is 0.225 e. The van der Waals surface area contributed by atoms with Crippen LogP contribution < -0.4 is 15.4 Å². The molecule has 0 bridgehead atoms. The van der Waals surface area contributed by atoms with Crippen molar-refractivity contribution < 1.29 is 13.5 Å². The first kappa shape index (κ1) is 20.4. The molecule has 0 saturated heterocycles. The van der Waals surface area contributed by atoms with E-state index in [0.29, 0.717) is 29.4 Å². The number of anilines is 3. The third-order valence-corrected chi connectivity index (χ3v) is 4.50. The van der Waals surface area contributed by atoms with E-state index < -0.39 is 11.6 Å². The lowest BCUT2D eigenvalue weighted by Crippen LogP contribution is -2.12. The van der Waals surface area contributed by atoms with Gasteiger partial charge in [0.1, 0.15) is 17.5 Å². The Balaban J connectivity index is 1.67. The van der Waals surface area contributed by atoms with E-state index in [4.69, 9.17) is 4.74 Å². The van der Waals surface area contributed by atoms with Crippen molar-refractivity contribution in [2.24, 2.45) is 0 Å². The number of hydrogen-bond donors (Lipinski definition) is 2. The minimum atomic E-state index is -0.446. The summed E-state index contributed by atoms with van der Waals surface area (Å²) < 4.78 is 33.1. The van der Waals surface area contributed by atoms with Crippen molar-refractivity contribution in [3.63, 3.8) is 0 Å². The predicted molar refractivity (Wildman–Crippen MR) is 114 cm³/mol.